The summed E-state index contributed by atoms with van der Waals surface area (Å²) >= 11 is 0. The lowest BCUT2D eigenvalue weighted by molar-refractivity contribution is 0.301. The Kier molecular flexibility index (Phi) is 7.25. The Labute approximate surface area is 168 Å². The molecular formula is C26H29FO. The zero-order valence-electron chi connectivity index (χ0n) is 16.8. The van der Waals surface area contributed by atoms with Gasteiger partial charge in [-0.2, -0.15) is 0 Å². The molecule has 0 aliphatic heterocycles. The molecule has 0 unspecified atom stereocenters. The van der Waals surface area contributed by atoms with Gasteiger partial charge in [0, 0.05) is 0 Å². The highest BCUT2D eigenvalue weighted by atomic mass is 19.1. The average molecular weight is 377 g/mol. The van der Waals surface area contributed by atoms with Crippen LogP contribution in [0.25, 0.3) is 22.3 Å². The second-order valence-corrected chi connectivity index (χ2v) is 7.48. The Hall–Kier alpha value is -2.61. The second kappa shape index (κ2) is 10.1. The fourth-order valence-electron chi connectivity index (χ4n) is 3.22. The molecule has 0 radical (unpaired) electrons. The molecule has 3 rings (SSSR count). The summed E-state index contributed by atoms with van der Waals surface area (Å²) in [7, 11) is 0. The summed E-state index contributed by atoms with van der Waals surface area (Å²) in [5.41, 5.74) is 6.20. The molecule has 1 nitrogen and oxygen atoms in total. The molecule has 0 aromatic heterocycles. The number of hydrogen-bond acceptors (Lipinski definition) is 1. The Morgan fingerprint density at radius 2 is 1.11 bits per heavy atom. The number of unbranched alkanes of at least 4 members (excludes halogenated alkanes) is 2. The molecule has 0 bridgehead atoms. The minimum Gasteiger partial charge on any atom is -0.494 e. The van der Waals surface area contributed by atoms with Gasteiger partial charge < -0.3 is 4.74 Å². The van der Waals surface area contributed by atoms with E-state index in [4.69, 9.17) is 4.74 Å². The number of hydrogen-bond donors (Lipinski definition) is 0. The van der Waals surface area contributed by atoms with Crippen LogP contribution in [0.15, 0.2) is 72.8 Å². The standard InChI is InChI=1S/C26H29FO/c1-20(2)21-6-8-22(9-7-21)23-10-12-24(13-11-23)25-14-16-26(17-15-25)28-19-5-3-4-18-27/h6-17,20H,3-5,18-19H2,1-2H3. The minimum atomic E-state index is -0.239. The Balaban J connectivity index is 1.61. The van der Waals surface area contributed by atoms with E-state index >= 15 is 0 Å². The largest absolute Gasteiger partial charge is 0.494 e. The van der Waals surface area contributed by atoms with Crippen molar-refractivity contribution in [3.8, 4) is 28.0 Å². The fraction of sp³-hybridized carbons (Fsp3) is 0.308. The van der Waals surface area contributed by atoms with Crippen LogP contribution >= 0.6 is 0 Å². The van der Waals surface area contributed by atoms with Gasteiger partial charge in [-0.3, -0.25) is 4.39 Å². The summed E-state index contributed by atoms with van der Waals surface area (Å²) < 4.78 is 17.8. The molecule has 0 spiro atoms. The summed E-state index contributed by atoms with van der Waals surface area (Å²) in [6, 6.07) is 25.7. The predicted molar refractivity (Wildman–Crippen MR) is 117 cm³/mol. The van der Waals surface area contributed by atoms with Crippen LogP contribution in [-0.2, 0) is 0 Å². The maximum atomic E-state index is 12.1. The monoisotopic (exact) mass is 376 g/mol. The van der Waals surface area contributed by atoms with Crippen LogP contribution in [0.5, 0.6) is 5.75 Å². The van der Waals surface area contributed by atoms with E-state index in [9.17, 15) is 4.39 Å². The molecule has 0 fully saturated rings. The van der Waals surface area contributed by atoms with Crippen molar-refractivity contribution in [3.63, 3.8) is 0 Å². The van der Waals surface area contributed by atoms with E-state index in [1.54, 1.807) is 0 Å². The van der Waals surface area contributed by atoms with E-state index in [-0.39, 0.29) is 6.67 Å². The van der Waals surface area contributed by atoms with Gasteiger partial charge in [0.1, 0.15) is 5.75 Å². The lowest BCUT2D eigenvalue weighted by atomic mass is 9.97. The van der Waals surface area contributed by atoms with Gasteiger partial charge in [-0.25, -0.2) is 0 Å². The first-order valence-corrected chi connectivity index (χ1v) is 10.2. The summed E-state index contributed by atoms with van der Waals surface area (Å²) in [4.78, 5) is 0. The van der Waals surface area contributed by atoms with Crippen LogP contribution in [0.2, 0.25) is 0 Å². The van der Waals surface area contributed by atoms with Gasteiger partial charge in [0.05, 0.1) is 13.3 Å². The number of ether oxygens (including phenoxy) is 1. The highest BCUT2D eigenvalue weighted by molar-refractivity contribution is 5.70. The quantitative estimate of drug-likeness (QED) is 0.348. The van der Waals surface area contributed by atoms with Crippen molar-refractivity contribution in [2.24, 2.45) is 0 Å². The summed E-state index contributed by atoms with van der Waals surface area (Å²) in [6.45, 7) is 4.83. The molecule has 0 aliphatic rings. The smallest absolute Gasteiger partial charge is 0.119 e. The first-order valence-electron chi connectivity index (χ1n) is 10.2. The zero-order valence-corrected chi connectivity index (χ0v) is 16.8. The van der Waals surface area contributed by atoms with Crippen molar-refractivity contribution in [3.05, 3.63) is 78.4 Å². The molecule has 2 heteroatoms. The first kappa shape index (κ1) is 20.1. The van der Waals surface area contributed by atoms with Crippen molar-refractivity contribution in [2.75, 3.05) is 13.3 Å². The maximum absolute atomic E-state index is 12.1. The molecular weight excluding hydrogens is 347 g/mol. The molecule has 0 N–H and O–H groups in total. The molecule has 146 valence electrons. The van der Waals surface area contributed by atoms with E-state index < -0.39 is 0 Å². The lowest BCUT2D eigenvalue weighted by Gasteiger charge is -2.09. The van der Waals surface area contributed by atoms with E-state index in [0.29, 0.717) is 18.9 Å². The minimum absolute atomic E-state index is 0.239. The summed E-state index contributed by atoms with van der Waals surface area (Å²) in [6.07, 6.45) is 2.40. The first-order chi connectivity index (χ1) is 13.7. The normalized spacial score (nSPS) is 11.0. The highest BCUT2D eigenvalue weighted by Gasteiger charge is 2.03. The second-order valence-electron chi connectivity index (χ2n) is 7.48. The van der Waals surface area contributed by atoms with Crippen molar-refractivity contribution in [2.45, 2.75) is 39.0 Å². The number of halogens is 1. The predicted octanol–water partition coefficient (Wildman–Crippen LogP) is 7.66. The van der Waals surface area contributed by atoms with Gasteiger partial charge in [-0.15, -0.1) is 0 Å². The Bertz CT molecular complexity index is 833. The summed E-state index contributed by atoms with van der Waals surface area (Å²) in [5.74, 6) is 1.42. The van der Waals surface area contributed by atoms with Crippen LogP contribution in [-0.4, -0.2) is 13.3 Å². The van der Waals surface area contributed by atoms with Crippen LogP contribution in [0.1, 0.15) is 44.6 Å². The van der Waals surface area contributed by atoms with Crippen LogP contribution in [0, 0.1) is 0 Å². The van der Waals surface area contributed by atoms with Crippen molar-refractivity contribution < 1.29 is 9.13 Å². The SMILES string of the molecule is CC(C)c1ccc(-c2ccc(-c3ccc(OCCCCCF)cc3)cc2)cc1. The van der Waals surface area contributed by atoms with E-state index in [1.165, 1.54) is 27.8 Å². The third-order valence-electron chi connectivity index (χ3n) is 5.03. The number of benzene rings is 3. The van der Waals surface area contributed by atoms with Gasteiger partial charge in [-0.05, 0) is 65.1 Å². The molecule has 3 aromatic carbocycles. The van der Waals surface area contributed by atoms with Gasteiger partial charge in [-0.1, -0.05) is 74.5 Å². The van der Waals surface area contributed by atoms with Gasteiger partial charge in [0.25, 0.3) is 0 Å². The zero-order chi connectivity index (χ0) is 19.8. The Morgan fingerprint density at radius 1 is 0.643 bits per heavy atom. The summed E-state index contributed by atoms with van der Waals surface area (Å²) in [5, 5.41) is 0. The average Bonchev–Trinajstić information content (AvgIpc) is 2.74. The molecule has 0 saturated carbocycles. The van der Waals surface area contributed by atoms with Crippen molar-refractivity contribution in [1.82, 2.24) is 0 Å². The van der Waals surface area contributed by atoms with Gasteiger partial charge >= 0.3 is 0 Å². The number of alkyl halides is 1. The molecule has 0 aliphatic carbocycles. The van der Waals surface area contributed by atoms with E-state index in [0.717, 1.165) is 18.6 Å². The molecule has 0 saturated heterocycles. The molecule has 0 heterocycles. The van der Waals surface area contributed by atoms with Gasteiger partial charge in [0.2, 0.25) is 0 Å². The third-order valence-corrected chi connectivity index (χ3v) is 5.03. The molecule has 0 atom stereocenters. The lowest BCUT2D eigenvalue weighted by Crippen LogP contribution is -1.97. The van der Waals surface area contributed by atoms with Gasteiger partial charge in [0.15, 0.2) is 0 Å². The fourth-order valence-corrected chi connectivity index (χ4v) is 3.22. The van der Waals surface area contributed by atoms with Crippen molar-refractivity contribution >= 4 is 0 Å². The molecule has 3 aromatic rings. The highest BCUT2D eigenvalue weighted by Crippen LogP contribution is 2.27. The van der Waals surface area contributed by atoms with Crippen LogP contribution in [0.3, 0.4) is 0 Å². The maximum Gasteiger partial charge on any atom is 0.119 e. The van der Waals surface area contributed by atoms with Crippen LogP contribution < -0.4 is 4.74 Å². The Morgan fingerprint density at radius 3 is 1.57 bits per heavy atom. The molecule has 28 heavy (non-hydrogen) atoms. The molecule has 0 amide bonds. The van der Waals surface area contributed by atoms with Crippen LogP contribution in [0.4, 0.5) is 4.39 Å². The number of rotatable bonds is 9. The topological polar surface area (TPSA) is 9.23 Å². The van der Waals surface area contributed by atoms with Crippen molar-refractivity contribution in [1.29, 1.82) is 0 Å². The third kappa shape index (κ3) is 5.45. The van der Waals surface area contributed by atoms with E-state index in [2.05, 4.69) is 74.5 Å². The van der Waals surface area contributed by atoms with E-state index in [1.807, 2.05) is 12.1 Å².